The summed E-state index contributed by atoms with van der Waals surface area (Å²) in [6, 6.07) is 4.45. The Hall–Kier alpha value is -1.58. The quantitative estimate of drug-likeness (QED) is 0.350. The van der Waals surface area contributed by atoms with Crippen molar-refractivity contribution < 1.29 is 27.8 Å². The van der Waals surface area contributed by atoms with Crippen LogP contribution in [-0.4, -0.2) is 59.8 Å². The van der Waals surface area contributed by atoms with Gasteiger partial charge in [-0.05, 0) is 80.8 Å². The van der Waals surface area contributed by atoms with E-state index in [0.717, 1.165) is 12.8 Å². The Balaban J connectivity index is 1.48. The summed E-state index contributed by atoms with van der Waals surface area (Å²) in [6.45, 7) is 6.70. The number of carbonyl (C=O) groups excluding carboxylic acids is 1. The molecule has 0 aromatic heterocycles. The second kappa shape index (κ2) is 10.2. The standard InChI is InChI=1S/C34H45ClFNO5S/c1-5-17-37(43(4,41)42)21-33(40)14-11-29-31(33,3)13-10-28-30(2)12-9-22(38)19-32(30)15-16-34(28,29)24(20-32)27(39)18-23-25(35)7-6-8-26(23)36/h6-8,15-16,20,22,28-29,38,40H,5,9-14,17-19,21H2,1-4H3/t22?,28-,29-,30-,31+,32+,33-,34-/m1/s1. The van der Waals surface area contributed by atoms with Crippen LogP contribution in [0.2, 0.25) is 5.02 Å². The molecule has 0 saturated heterocycles. The first kappa shape index (κ1) is 31.4. The number of rotatable bonds is 8. The van der Waals surface area contributed by atoms with E-state index in [0.29, 0.717) is 50.6 Å². The van der Waals surface area contributed by atoms with Gasteiger partial charge in [0, 0.05) is 51.9 Å². The van der Waals surface area contributed by atoms with E-state index in [1.807, 2.05) is 6.92 Å². The molecule has 0 aliphatic heterocycles. The molecule has 8 atom stereocenters. The predicted octanol–water partition coefficient (Wildman–Crippen LogP) is 5.85. The summed E-state index contributed by atoms with van der Waals surface area (Å²) < 4.78 is 41.9. The number of aliphatic hydroxyl groups is 2. The Labute approximate surface area is 260 Å². The van der Waals surface area contributed by atoms with Crippen molar-refractivity contribution in [3.8, 4) is 0 Å². The monoisotopic (exact) mass is 633 g/mol. The second-order valence-electron chi connectivity index (χ2n) is 14.7. The third kappa shape index (κ3) is 4.33. The second-order valence-corrected chi connectivity index (χ2v) is 17.1. The molecular weight excluding hydrogens is 589 g/mol. The van der Waals surface area contributed by atoms with E-state index in [1.54, 1.807) is 6.07 Å². The van der Waals surface area contributed by atoms with Gasteiger partial charge in [-0.2, -0.15) is 4.31 Å². The molecule has 236 valence electrons. The van der Waals surface area contributed by atoms with Gasteiger partial charge in [-0.15, -0.1) is 0 Å². The fourth-order valence-corrected chi connectivity index (χ4v) is 11.7. The summed E-state index contributed by atoms with van der Waals surface area (Å²) in [5.41, 5.74) is -2.45. The van der Waals surface area contributed by atoms with Crippen LogP contribution < -0.4 is 0 Å². The first-order chi connectivity index (χ1) is 20.1. The fraction of sp³-hybridized carbons (Fsp3) is 0.676. The van der Waals surface area contributed by atoms with Crippen LogP contribution in [0.3, 0.4) is 0 Å². The van der Waals surface area contributed by atoms with Gasteiger partial charge in [0.1, 0.15) is 5.82 Å². The van der Waals surface area contributed by atoms with Crippen LogP contribution in [0.1, 0.15) is 77.7 Å². The van der Waals surface area contributed by atoms with Gasteiger partial charge in [-0.3, -0.25) is 4.79 Å². The topological polar surface area (TPSA) is 94.9 Å². The van der Waals surface area contributed by atoms with Crippen LogP contribution in [-0.2, 0) is 21.2 Å². The molecular formula is C34H45ClFNO5S. The molecule has 0 radical (unpaired) electrons. The van der Waals surface area contributed by atoms with Crippen LogP contribution in [0.25, 0.3) is 0 Å². The van der Waals surface area contributed by atoms with Crippen molar-refractivity contribution in [1.82, 2.24) is 4.31 Å². The highest BCUT2D eigenvalue weighted by Gasteiger charge is 2.74. The maximum Gasteiger partial charge on any atom is 0.211 e. The third-order valence-electron chi connectivity index (χ3n) is 12.8. The highest BCUT2D eigenvalue weighted by atomic mass is 35.5. The van der Waals surface area contributed by atoms with E-state index in [2.05, 4.69) is 32.1 Å². The van der Waals surface area contributed by atoms with Gasteiger partial charge in [0.05, 0.1) is 18.0 Å². The number of aliphatic hydroxyl groups excluding tert-OH is 1. The SMILES string of the molecule is CCCN(C[C@]1(O)CC[C@H]2[C@]34C=C[C@@]5(C=C3C(=O)Cc3c(F)cccc3Cl)CC(O)CC[C@]5(C)[C@H]4CC[C@@]21C)S(C)(=O)=O. The Morgan fingerprint density at radius 2 is 1.77 bits per heavy atom. The molecule has 7 rings (SSSR count). The molecule has 0 amide bonds. The van der Waals surface area contributed by atoms with E-state index in [9.17, 15) is 27.8 Å². The van der Waals surface area contributed by atoms with Crippen molar-refractivity contribution in [3.05, 3.63) is 58.4 Å². The first-order valence-corrected chi connectivity index (χ1v) is 18.0. The highest BCUT2D eigenvalue weighted by Crippen LogP contribution is 2.78. The van der Waals surface area contributed by atoms with Gasteiger partial charge in [0.25, 0.3) is 0 Å². The molecule has 2 spiro atoms. The number of hydrogen-bond donors (Lipinski definition) is 2. The van der Waals surface area contributed by atoms with Crippen molar-refractivity contribution >= 4 is 27.4 Å². The van der Waals surface area contributed by atoms with E-state index < -0.39 is 43.8 Å². The number of benzene rings is 1. The van der Waals surface area contributed by atoms with Gasteiger partial charge >= 0.3 is 0 Å². The molecule has 1 aromatic rings. The van der Waals surface area contributed by atoms with Crippen LogP contribution in [0, 0.1) is 39.3 Å². The summed E-state index contributed by atoms with van der Waals surface area (Å²) >= 11 is 6.39. The van der Waals surface area contributed by atoms with Crippen molar-refractivity contribution in [2.75, 3.05) is 19.3 Å². The van der Waals surface area contributed by atoms with Crippen LogP contribution in [0.5, 0.6) is 0 Å². The summed E-state index contributed by atoms with van der Waals surface area (Å²) in [7, 11) is -3.53. The molecule has 9 heteroatoms. The van der Waals surface area contributed by atoms with E-state index >= 15 is 0 Å². The van der Waals surface area contributed by atoms with Crippen molar-refractivity contribution in [2.24, 2.45) is 33.5 Å². The molecule has 1 unspecified atom stereocenters. The Bertz CT molecular complexity index is 1490. The van der Waals surface area contributed by atoms with E-state index in [1.165, 1.54) is 22.7 Å². The number of Topliss-reactive ketones (excluding diaryl/α,β-unsaturated/α-hetero) is 1. The average molecular weight is 634 g/mol. The number of fused-ring (bicyclic) bond motifs is 1. The van der Waals surface area contributed by atoms with Crippen LogP contribution in [0.15, 0.2) is 42.0 Å². The maximum absolute atomic E-state index is 14.9. The molecule has 3 fully saturated rings. The molecule has 6 nitrogen and oxygen atoms in total. The molecule has 2 bridgehead atoms. The fourth-order valence-electron chi connectivity index (χ4n) is 10.5. The van der Waals surface area contributed by atoms with E-state index in [4.69, 9.17) is 11.6 Å². The molecule has 1 aromatic carbocycles. The molecule has 6 aliphatic carbocycles. The maximum atomic E-state index is 14.9. The molecule has 2 N–H and O–H groups in total. The number of ketones is 1. The van der Waals surface area contributed by atoms with Gasteiger partial charge in [0.15, 0.2) is 5.78 Å². The highest BCUT2D eigenvalue weighted by molar-refractivity contribution is 7.88. The Morgan fingerprint density at radius 3 is 2.44 bits per heavy atom. The lowest BCUT2D eigenvalue weighted by atomic mass is 9.32. The molecule has 3 saturated carbocycles. The van der Waals surface area contributed by atoms with Gasteiger partial charge in [-0.1, -0.05) is 56.7 Å². The Morgan fingerprint density at radius 1 is 1.09 bits per heavy atom. The zero-order valence-corrected chi connectivity index (χ0v) is 27.3. The minimum absolute atomic E-state index is 0.0301. The summed E-state index contributed by atoms with van der Waals surface area (Å²) in [5.74, 6) is -0.703. The largest absolute Gasteiger partial charge is 0.393 e. The minimum Gasteiger partial charge on any atom is -0.393 e. The number of hydrogen-bond acceptors (Lipinski definition) is 5. The van der Waals surface area contributed by atoms with Gasteiger partial charge in [0.2, 0.25) is 10.0 Å². The molecule has 43 heavy (non-hydrogen) atoms. The number of sulfonamides is 1. The number of halogens is 2. The lowest BCUT2D eigenvalue weighted by Gasteiger charge is -2.71. The lowest BCUT2D eigenvalue weighted by molar-refractivity contribution is -0.176. The van der Waals surface area contributed by atoms with E-state index in [-0.39, 0.29) is 46.6 Å². The Kier molecular flexibility index (Phi) is 7.46. The third-order valence-corrected chi connectivity index (χ3v) is 14.4. The number of carbonyl (C=O) groups is 1. The van der Waals surface area contributed by atoms with Gasteiger partial charge in [-0.25, -0.2) is 12.8 Å². The minimum atomic E-state index is -3.53. The zero-order valence-electron chi connectivity index (χ0n) is 25.7. The van der Waals surface area contributed by atoms with Crippen LogP contribution >= 0.6 is 11.6 Å². The number of allylic oxidation sites excluding steroid dienone is 4. The summed E-state index contributed by atoms with van der Waals surface area (Å²) in [6.07, 6.45) is 12.4. The summed E-state index contributed by atoms with van der Waals surface area (Å²) in [5, 5.41) is 23.5. The normalized spacial score (nSPS) is 41.5. The average Bonchev–Trinajstić information content (AvgIpc) is 3.20. The van der Waals surface area contributed by atoms with Crippen molar-refractivity contribution in [3.63, 3.8) is 0 Å². The zero-order chi connectivity index (χ0) is 31.2. The smallest absolute Gasteiger partial charge is 0.211 e. The molecule has 0 heterocycles. The van der Waals surface area contributed by atoms with Crippen molar-refractivity contribution in [2.45, 2.75) is 90.3 Å². The number of nitrogens with zero attached hydrogens (tertiary/aromatic N) is 1. The lowest BCUT2D eigenvalue weighted by Crippen LogP contribution is -2.67. The van der Waals surface area contributed by atoms with Gasteiger partial charge < -0.3 is 10.2 Å². The van der Waals surface area contributed by atoms with Crippen LogP contribution in [0.4, 0.5) is 4.39 Å². The first-order valence-electron chi connectivity index (χ1n) is 15.8. The summed E-state index contributed by atoms with van der Waals surface area (Å²) in [4.78, 5) is 14.5. The predicted molar refractivity (Wildman–Crippen MR) is 165 cm³/mol. The van der Waals surface area contributed by atoms with Crippen molar-refractivity contribution in [1.29, 1.82) is 0 Å². The molecule has 6 aliphatic rings.